The molecule has 0 radical (unpaired) electrons. The molecule has 1 aromatic rings. The lowest BCUT2D eigenvalue weighted by molar-refractivity contribution is -0.137. The summed E-state index contributed by atoms with van der Waals surface area (Å²) >= 11 is 0. The van der Waals surface area contributed by atoms with Crippen LogP contribution < -0.4 is 4.90 Å². The van der Waals surface area contributed by atoms with Gasteiger partial charge in [0.2, 0.25) is 0 Å². The van der Waals surface area contributed by atoms with Crippen molar-refractivity contribution < 1.29 is 23.1 Å². The van der Waals surface area contributed by atoms with Crippen LogP contribution in [-0.4, -0.2) is 24.2 Å². The molecular weight excluding hydrogens is 271 g/mol. The van der Waals surface area contributed by atoms with Crippen molar-refractivity contribution >= 4 is 11.7 Å². The summed E-state index contributed by atoms with van der Waals surface area (Å²) in [5.41, 5.74) is -0.925. The number of halogens is 3. The van der Waals surface area contributed by atoms with Crippen molar-refractivity contribution in [3.05, 3.63) is 29.3 Å². The zero-order valence-electron chi connectivity index (χ0n) is 11.2. The van der Waals surface area contributed by atoms with Gasteiger partial charge in [-0.3, -0.25) is 0 Å². The van der Waals surface area contributed by atoms with Crippen LogP contribution in [0.15, 0.2) is 18.2 Å². The van der Waals surface area contributed by atoms with E-state index in [4.69, 9.17) is 5.11 Å². The smallest absolute Gasteiger partial charge is 0.416 e. The van der Waals surface area contributed by atoms with Gasteiger partial charge in [-0.05, 0) is 43.9 Å². The molecule has 0 aromatic heterocycles. The number of hydrogen-bond acceptors (Lipinski definition) is 2. The van der Waals surface area contributed by atoms with Crippen LogP contribution in [0.3, 0.4) is 0 Å². The summed E-state index contributed by atoms with van der Waals surface area (Å²) in [6.07, 6.45) is -2.38. The second-order valence-corrected chi connectivity index (χ2v) is 5.22. The number of aromatic carboxylic acids is 1. The van der Waals surface area contributed by atoms with Gasteiger partial charge in [0.25, 0.3) is 0 Å². The molecule has 1 atom stereocenters. The highest BCUT2D eigenvalue weighted by Crippen LogP contribution is 2.38. The third kappa shape index (κ3) is 2.89. The molecule has 1 aliphatic carbocycles. The Hall–Kier alpha value is -1.72. The molecule has 2 rings (SSSR count). The predicted octanol–water partition coefficient (Wildman–Crippen LogP) is 3.64. The fourth-order valence-electron chi connectivity index (χ4n) is 2.31. The van der Waals surface area contributed by atoms with E-state index in [0.29, 0.717) is 17.7 Å². The SMILES string of the molecule is CC(C1CC1)N(C)c1ccc(C(F)(F)F)cc1C(=O)O. The zero-order chi connectivity index (χ0) is 15.1. The average Bonchev–Trinajstić information content (AvgIpc) is 3.19. The standard InChI is InChI=1S/C14H16F3NO2/c1-8(9-3-4-9)18(2)12-6-5-10(14(15,16)17)7-11(12)13(19)20/h5-9H,3-4H2,1-2H3,(H,19,20). The van der Waals surface area contributed by atoms with Gasteiger partial charge in [-0.25, -0.2) is 4.79 Å². The van der Waals surface area contributed by atoms with E-state index in [-0.39, 0.29) is 11.6 Å². The molecule has 0 saturated heterocycles. The second kappa shape index (κ2) is 5.00. The van der Waals surface area contributed by atoms with Gasteiger partial charge in [-0.15, -0.1) is 0 Å². The summed E-state index contributed by atoms with van der Waals surface area (Å²) < 4.78 is 38.0. The number of hydrogen-bond donors (Lipinski definition) is 1. The number of anilines is 1. The minimum Gasteiger partial charge on any atom is -0.478 e. The summed E-state index contributed by atoms with van der Waals surface area (Å²) in [6.45, 7) is 1.96. The van der Waals surface area contributed by atoms with Gasteiger partial charge in [-0.1, -0.05) is 0 Å². The third-order valence-electron chi connectivity index (χ3n) is 3.85. The van der Waals surface area contributed by atoms with Gasteiger partial charge >= 0.3 is 12.1 Å². The highest BCUT2D eigenvalue weighted by Gasteiger charge is 2.34. The minimum absolute atomic E-state index is 0.116. The van der Waals surface area contributed by atoms with E-state index in [1.807, 2.05) is 6.92 Å². The van der Waals surface area contributed by atoms with E-state index in [1.165, 1.54) is 6.07 Å². The van der Waals surface area contributed by atoms with Crippen molar-refractivity contribution in [2.75, 3.05) is 11.9 Å². The largest absolute Gasteiger partial charge is 0.478 e. The Balaban J connectivity index is 2.39. The molecule has 0 aliphatic heterocycles. The van der Waals surface area contributed by atoms with Crippen molar-refractivity contribution in [2.45, 2.75) is 32.0 Å². The molecule has 3 nitrogen and oxygen atoms in total. The van der Waals surface area contributed by atoms with E-state index >= 15 is 0 Å². The molecule has 1 aliphatic rings. The Morgan fingerprint density at radius 2 is 2.00 bits per heavy atom. The van der Waals surface area contributed by atoms with Crippen LogP contribution in [0.2, 0.25) is 0 Å². The topological polar surface area (TPSA) is 40.5 Å². The molecule has 20 heavy (non-hydrogen) atoms. The molecule has 1 N–H and O–H groups in total. The van der Waals surface area contributed by atoms with Gasteiger partial charge in [0.05, 0.1) is 16.8 Å². The van der Waals surface area contributed by atoms with Crippen LogP contribution in [0, 0.1) is 5.92 Å². The number of carboxylic acid groups (broad SMARTS) is 1. The van der Waals surface area contributed by atoms with Gasteiger partial charge in [0.15, 0.2) is 0 Å². The Morgan fingerprint density at radius 1 is 1.40 bits per heavy atom. The zero-order valence-corrected chi connectivity index (χ0v) is 11.2. The van der Waals surface area contributed by atoms with E-state index in [9.17, 15) is 18.0 Å². The van der Waals surface area contributed by atoms with Gasteiger partial charge in [0, 0.05) is 13.1 Å². The first-order valence-corrected chi connectivity index (χ1v) is 6.39. The Kier molecular flexibility index (Phi) is 3.67. The number of rotatable bonds is 4. The number of carbonyl (C=O) groups is 1. The third-order valence-corrected chi connectivity index (χ3v) is 3.85. The number of carboxylic acids is 1. The van der Waals surface area contributed by atoms with Crippen molar-refractivity contribution in [3.63, 3.8) is 0 Å². The number of alkyl halides is 3. The number of nitrogens with zero attached hydrogens (tertiary/aromatic N) is 1. The summed E-state index contributed by atoms with van der Waals surface area (Å²) in [5.74, 6) is -0.857. The fraction of sp³-hybridized carbons (Fsp3) is 0.500. The molecule has 1 saturated carbocycles. The molecule has 1 fully saturated rings. The summed E-state index contributed by atoms with van der Waals surface area (Å²) in [5, 5.41) is 9.15. The second-order valence-electron chi connectivity index (χ2n) is 5.22. The maximum Gasteiger partial charge on any atom is 0.416 e. The first kappa shape index (κ1) is 14.7. The molecule has 110 valence electrons. The molecule has 0 amide bonds. The maximum atomic E-state index is 12.7. The fourth-order valence-corrected chi connectivity index (χ4v) is 2.31. The highest BCUT2D eigenvalue weighted by molar-refractivity contribution is 5.94. The summed E-state index contributed by atoms with van der Waals surface area (Å²) in [4.78, 5) is 13.0. The normalized spacial score (nSPS) is 16.9. The monoisotopic (exact) mass is 287 g/mol. The van der Waals surface area contributed by atoms with E-state index < -0.39 is 17.7 Å². The first-order chi connectivity index (χ1) is 9.21. The highest BCUT2D eigenvalue weighted by atomic mass is 19.4. The Labute approximate surface area is 115 Å². The quantitative estimate of drug-likeness (QED) is 0.919. The van der Waals surface area contributed by atoms with Crippen LogP contribution in [0.4, 0.5) is 18.9 Å². The molecule has 0 spiro atoms. The van der Waals surface area contributed by atoms with Crippen LogP contribution >= 0.6 is 0 Å². The summed E-state index contributed by atoms with van der Waals surface area (Å²) in [7, 11) is 1.72. The van der Waals surface area contributed by atoms with E-state index in [2.05, 4.69) is 0 Å². The van der Waals surface area contributed by atoms with Gasteiger partial charge < -0.3 is 10.0 Å². The van der Waals surface area contributed by atoms with Crippen molar-refractivity contribution in [1.82, 2.24) is 0 Å². The van der Waals surface area contributed by atoms with Crippen LogP contribution in [0.25, 0.3) is 0 Å². The molecule has 1 unspecified atom stereocenters. The molecular formula is C14H16F3NO2. The van der Waals surface area contributed by atoms with E-state index in [1.54, 1.807) is 11.9 Å². The summed E-state index contributed by atoms with van der Waals surface area (Å²) in [6, 6.07) is 2.99. The molecule has 0 bridgehead atoms. The Bertz CT molecular complexity index is 524. The van der Waals surface area contributed by atoms with E-state index in [0.717, 1.165) is 18.9 Å². The molecule has 6 heteroatoms. The molecule has 0 heterocycles. The molecule has 1 aromatic carbocycles. The van der Waals surface area contributed by atoms with Crippen molar-refractivity contribution in [2.24, 2.45) is 5.92 Å². The lowest BCUT2D eigenvalue weighted by Crippen LogP contribution is -2.32. The Morgan fingerprint density at radius 3 is 2.45 bits per heavy atom. The van der Waals surface area contributed by atoms with Gasteiger partial charge in [0.1, 0.15) is 0 Å². The van der Waals surface area contributed by atoms with Crippen LogP contribution in [-0.2, 0) is 6.18 Å². The van der Waals surface area contributed by atoms with Crippen LogP contribution in [0.1, 0.15) is 35.7 Å². The van der Waals surface area contributed by atoms with Crippen LogP contribution in [0.5, 0.6) is 0 Å². The minimum atomic E-state index is -4.54. The number of benzene rings is 1. The van der Waals surface area contributed by atoms with Crippen molar-refractivity contribution in [3.8, 4) is 0 Å². The lowest BCUT2D eigenvalue weighted by Gasteiger charge is -2.28. The predicted molar refractivity (Wildman–Crippen MR) is 69.0 cm³/mol. The average molecular weight is 287 g/mol. The maximum absolute atomic E-state index is 12.7. The van der Waals surface area contributed by atoms with Gasteiger partial charge in [-0.2, -0.15) is 13.2 Å². The van der Waals surface area contributed by atoms with Crippen molar-refractivity contribution in [1.29, 1.82) is 0 Å². The first-order valence-electron chi connectivity index (χ1n) is 6.39. The lowest BCUT2D eigenvalue weighted by atomic mass is 10.1.